The molecule has 0 aromatic carbocycles. The summed E-state index contributed by atoms with van der Waals surface area (Å²) in [6.07, 6.45) is 0. The van der Waals surface area contributed by atoms with Gasteiger partial charge in [0, 0.05) is 6.85 Å². The van der Waals surface area contributed by atoms with Crippen molar-refractivity contribution in [2.75, 3.05) is 0 Å². The average Bonchev–Trinajstić information content (AvgIpc) is 1.62. The fourth-order valence-corrected chi connectivity index (χ4v) is 0. The number of hydrogen-bond donors (Lipinski definition) is 0. The standard InChI is InChI=1S/C3H6O/c1-3(2)4/h1-2H3/i1D2,2D3. The molecule has 1 heteroatoms. The molecule has 0 aliphatic rings. The van der Waals surface area contributed by atoms with Crippen molar-refractivity contribution in [3.63, 3.8) is 0 Å². The molecule has 0 heterocycles. The Bertz CT molecular complexity index is 114. The fourth-order valence-electron chi connectivity index (χ4n) is 0. The Balaban J connectivity index is 4.06. The lowest BCUT2D eigenvalue weighted by Gasteiger charge is -1.56. The van der Waals surface area contributed by atoms with Crippen molar-refractivity contribution < 1.29 is 11.6 Å². The molecule has 4 heavy (non-hydrogen) atoms. The number of carbonyl (C=O) groups excluding carboxylic acids is 1. The summed E-state index contributed by atoms with van der Waals surface area (Å²) < 4.78 is 32.0. The lowest BCUT2D eigenvalue weighted by molar-refractivity contribution is -0.114. The minimum Gasteiger partial charge on any atom is -0.300 e. The lowest BCUT2D eigenvalue weighted by Crippen LogP contribution is -1.69. The minimum absolute atomic E-state index is 1.33. The largest absolute Gasteiger partial charge is 0.300 e. The van der Waals surface area contributed by atoms with Gasteiger partial charge in [-0.2, -0.15) is 0 Å². The summed E-state index contributed by atoms with van der Waals surface area (Å²) in [6, 6.07) is 0. The molecule has 0 N–H and O–H groups in total. The van der Waals surface area contributed by atoms with Gasteiger partial charge in [0.1, 0.15) is 5.78 Å². The van der Waals surface area contributed by atoms with Crippen molar-refractivity contribution in [2.24, 2.45) is 0 Å². The maximum Gasteiger partial charge on any atom is 0.126 e. The third-order valence-corrected chi connectivity index (χ3v) is 0. The van der Waals surface area contributed by atoms with E-state index in [1.54, 1.807) is 0 Å². The van der Waals surface area contributed by atoms with Gasteiger partial charge in [-0.1, -0.05) is 0 Å². The molecule has 0 unspecified atom stereocenters. The maximum atomic E-state index is 10.2. The van der Waals surface area contributed by atoms with Gasteiger partial charge in [-0.25, -0.2) is 0 Å². The Labute approximate surface area is 32.7 Å². The Kier molecular flexibility index (Phi) is 0.116. The van der Waals surface area contributed by atoms with Gasteiger partial charge in [-0.15, -0.1) is 0 Å². The summed E-state index contributed by atoms with van der Waals surface area (Å²) in [4.78, 5) is 10.2. The van der Waals surface area contributed by atoms with Crippen molar-refractivity contribution in [3.05, 3.63) is 0 Å². The predicted octanol–water partition coefficient (Wildman–Crippen LogP) is 0.595. The third kappa shape index (κ3) is 6.88. The van der Waals surface area contributed by atoms with E-state index < -0.39 is 19.5 Å². The summed E-state index contributed by atoms with van der Waals surface area (Å²) >= 11 is 0. The quantitative estimate of drug-likeness (QED) is 0.402. The van der Waals surface area contributed by atoms with Gasteiger partial charge in [0.05, 0.1) is 0 Å². The molecule has 24 valence electrons. The molecule has 0 rings (SSSR count). The molecule has 0 bridgehead atoms. The molecule has 0 aliphatic heterocycles. The number of Topliss-reactive ketones (excluding diaryl/α,β-unsaturated/α-hetero) is 1. The van der Waals surface area contributed by atoms with Gasteiger partial charge < -0.3 is 4.79 Å². The summed E-state index contributed by atoms with van der Waals surface area (Å²) in [5.41, 5.74) is 0. The van der Waals surface area contributed by atoms with E-state index in [0.717, 1.165) is 0 Å². The summed E-state index contributed by atoms with van der Waals surface area (Å²) in [7, 11) is 0. The first kappa shape index (κ1) is 0.445. The molecule has 0 aromatic heterocycles. The molecule has 0 aromatic rings. The van der Waals surface area contributed by atoms with Crippen LogP contribution in [0.1, 0.15) is 20.6 Å². The topological polar surface area (TPSA) is 17.1 Å². The van der Waals surface area contributed by atoms with E-state index in [1.165, 1.54) is 0 Å². The van der Waals surface area contributed by atoms with Crippen LogP contribution in [-0.4, -0.2) is 5.78 Å². The predicted molar refractivity (Wildman–Crippen MR) is 16.4 cm³/mol. The first-order valence-corrected chi connectivity index (χ1v) is 0.743. The zero-order valence-electron chi connectivity index (χ0n) is 6.99. The van der Waals surface area contributed by atoms with Crippen LogP contribution in [0.25, 0.3) is 0 Å². The van der Waals surface area contributed by atoms with Crippen LogP contribution < -0.4 is 0 Å². The van der Waals surface area contributed by atoms with Crippen LogP contribution in [0.3, 0.4) is 0 Å². The fraction of sp³-hybridized carbons (Fsp3) is 0.667. The highest BCUT2D eigenvalue weighted by Gasteiger charge is 1.62. The molecule has 1 nitrogen and oxygen atoms in total. The maximum absolute atomic E-state index is 10.2. The molecule has 0 atom stereocenters. The van der Waals surface area contributed by atoms with Gasteiger partial charge in [0.15, 0.2) is 0 Å². The van der Waals surface area contributed by atoms with Crippen LogP contribution in [0.15, 0.2) is 0 Å². The van der Waals surface area contributed by atoms with E-state index in [-0.39, 0.29) is 0 Å². The van der Waals surface area contributed by atoms with Crippen LogP contribution in [-0.2, 0) is 4.79 Å². The Morgan fingerprint density at radius 1 is 2.25 bits per heavy atom. The van der Waals surface area contributed by atoms with Gasteiger partial charge >= 0.3 is 0 Å². The number of rotatable bonds is 0. The summed E-state index contributed by atoms with van der Waals surface area (Å²) in [6.45, 7) is -4.67. The van der Waals surface area contributed by atoms with Gasteiger partial charge in [-0.3, -0.25) is 0 Å². The van der Waals surface area contributed by atoms with E-state index in [2.05, 4.69) is 0 Å². The van der Waals surface area contributed by atoms with Gasteiger partial charge in [0.2, 0.25) is 0 Å². The monoisotopic (exact) mass is 63.1 g/mol. The highest BCUT2D eigenvalue weighted by Crippen LogP contribution is 1.50. The first-order valence-electron chi connectivity index (χ1n) is 3.40. The molecule has 0 fully saturated rings. The molecule has 0 aliphatic carbocycles. The number of carbonyl (C=O) groups is 1. The first-order chi connectivity index (χ1) is 3.85. The average molecular weight is 63.1 g/mol. The van der Waals surface area contributed by atoms with Crippen molar-refractivity contribution in [1.82, 2.24) is 0 Å². The van der Waals surface area contributed by atoms with E-state index in [9.17, 15) is 4.79 Å². The Morgan fingerprint density at radius 2 is 3.00 bits per heavy atom. The second kappa shape index (κ2) is 1.04. The van der Waals surface area contributed by atoms with Crippen LogP contribution in [0.5, 0.6) is 0 Å². The molecule has 0 amide bonds. The van der Waals surface area contributed by atoms with Gasteiger partial charge in [-0.05, 0) is 13.7 Å². The summed E-state index contributed by atoms with van der Waals surface area (Å²) in [5, 5.41) is 0. The van der Waals surface area contributed by atoms with E-state index in [4.69, 9.17) is 6.85 Å². The number of ketones is 1. The van der Waals surface area contributed by atoms with E-state index >= 15 is 0 Å². The molecular weight excluding hydrogens is 52.0 g/mol. The van der Waals surface area contributed by atoms with Crippen LogP contribution >= 0.6 is 0 Å². The van der Waals surface area contributed by atoms with Gasteiger partial charge in [0.25, 0.3) is 0 Å². The molecule has 0 saturated heterocycles. The van der Waals surface area contributed by atoms with Crippen molar-refractivity contribution in [3.8, 4) is 0 Å². The lowest BCUT2D eigenvalue weighted by atomic mass is 10.6. The Hall–Kier alpha value is -0.330. The van der Waals surface area contributed by atoms with Crippen LogP contribution in [0, 0.1) is 0 Å². The van der Waals surface area contributed by atoms with Crippen molar-refractivity contribution in [2.45, 2.75) is 13.7 Å². The molecular formula is C3H6O. The van der Waals surface area contributed by atoms with E-state index in [1.807, 2.05) is 0 Å². The normalized spacial score (nSPS) is 28.8. The van der Waals surface area contributed by atoms with Crippen molar-refractivity contribution >= 4 is 5.78 Å². The zero-order valence-corrected chi connectivity index (χ0v) is 1.99. The van der Waals surface area contributed by atoms with Crippen LogP contribution in [0.4, 0.5) is 0 Å². The number of hydrogen-bond acceptors (Lipinski definition) is 1. The SMILES string of the molecule is [2H]C([2H])C(=O)C([2H])([2H])[2H]. The van der Waals surface area contributed by atoms with E-state index in [0.29, 0.717) is 0 Å². The highest BCUT2D eigenvalue weighted by atomic mass is 16.1. The molecule has 0 saturated carbocycles. The minimum atomic E-state index is -2.78. The van der Waals surface area contributed by atoms with Crippen LogP contribution in [0.2, 0.25) is 0 Å². The highest BCUT2D eigenvalue weighted by molar-refractivity contribution is 5.72. The summed E-state index contributed by atoms with van der Waals surface area (Å²) in [5.74, 6) is -1.33. The smallest absolute Gasteiger partial charge is 0.126 e. The molecule has 0 radical (unpaired) electrons. The third-order valence-electron chi connectivity index (χ3n) is 0. The second-order valence-electron chi connectivity index (χ2n) is 0.364. The second-order valence-corrected chi connectivity index (χ2v) is 0.364. The van der Waals surface area contributed by atoms with Crippen molar-refractivity contribution in [1.29, 1.82) is 0 Å². The Morgan fingerprint density at radius 3 is 3.00 bits per heavy atom. The molecule has 0 spiro atoms. The zero-order chi connectivity index (χ0) is 7.65.